The number of ketones is 1. The molecule has 2 aromatic carbocycles. The van der Waals surface area contributed by atoms with Gasteiger partial charge < -0.3 is 24.1 Å². The fourth-order valence-corrected chi connectivity index (χ4v) is 5.45. The number of fused-ring (bicyclic) bond motifs is 2. The Morgan fingerprint density at radius 3 is 2.47 bits per heavy atom. The Balaban J connectivity index is 1.74. The Morgan fingerprint density at radius 2 is 1.83 bits per heavy atom. The third kappa shape index (κ3) is 3.28. The van der Waals surface area contributed by atoms with E-state index in [0.29, 0.717) is 16.8 Å². The van der Waals surface area contributed by atoms with E-state index in [0.717, 1.165) is 5.56 Å². The van der Waals surface area contributed by atoms with Crippen LogP contribution < -0.4 is 14.2 Å². The molecule has 186 valence electrons. The second-order valence-electron chi connectivity index (χ2n) is 8.80. The second kappa shape index (κ2) is 8.80. The number of halogens is 1. The van der Waals surface area contributed by atoms with Gasteiger partial charge in [-0.1, -0.05) is 48.9 Å². The monoisotopic (exact) mass is 509 g/mol. The Morgan fingerprint density at radius 1 is 1.14 bits per heavy atom. The number of ether oxygens (including phenoxy) is 4. The van der Waals surface area contributed by atoms with Crippen LogP contribution in [0.5, 0.6) is 17.2 Å². The largest absolute Gasteiger partial charge is 0.496 e. The van der Waals surface area contributed by atoms with Crippen molar-refractivity contribution in [1.82, 2.24) is 4.98 Å². The van der Waals surface area contributed by atoms with Crippen molar-refractivity contribution in [3.8, 4) is 28.4 Å². The predicted octanol–water partition coefficient (Wildman–Crippen LogP) is 4.45. The lowest BCUT2D eigenvalue weighted by molar-refractivity contribution is -0.0639. The lowest BCUT2D eigenvalue weighted by atomic mass is 9.68. The average Bonchev–Trinajstić information content (AvgIpc) is 3.21. The molecule has 3 atom stereocenters. The van der Waals surface area contributed by atoms with Gasteiger partial charge in [0, 0.05) is 23.2 Å². The molecule has 0 amide bonds. The fourth-order valence-electron chi connectivity index (χ4n) is 5.18. The second-order valence-corrected chi connectivity index (χ2v) is 9.18. The molecule has 0 saturated carbocycles. The molecular weight excluding hydrogens is 486 g/mol. The van der Waals surface area contributed by atoms with Gasteiger partial charge in [-0.3, -0.25) is 4.79 Å². The summed E-state index contributed by atoms with van der Waals surface area (Å²) in [6.07, 6.45) is -1.16. The first kappa shape index (κ1) is 24.1. The van der Waals surface area contributed by atoms with Gasteiger partial charge in [-0.15, -0.1) is 0 Å². The van der Waals surface area contributed by atoms with Crippen molar-refractivity contribution in [3.63, 3.8) is 0 Å². The number of pyridine rings is 1. The number of benzene rings is 2. The van der Waals surface area contributed by atoms with Gasteiger partial charge in [-0.2, -0.15) is 0 Å². The standard InChI is InChI=1S/C27H24ClNO7/c1-13-10-16-20(15(14-8-6-5-7-9-14)11-17(29-16)26(32)35-4)24(30)27(13)25(31)21-18(33-2)12-19(34-3)22(28)23(21)36-27/h5-9,11-13,24,30H,10H2,1-4H3/t13?,24?,27-/m0/s1. The summed E-state index contributed by atoms with van der Waals surface area (Å²) in [5.41, 5.74) is 0.782. The number of aromatic nitrogens is 1. The number of methoxy groups -OCH3 is 3. The van der Waals surface area contributed by atoms with Crippen LogP contribution in [-0.2, 0) is 11.2 Å². The molecule has 2 aliphatic rings. The Labute approximate surface area is 212 Å². The van der Waals surface area contributed by atoms with E-state index >= 15 is 0 Å². The van der Waals surface area contributed by atoms with Crippen LogP contribution in [0.15, 0.2) is 42.5 Å². The maximum atomic E-state index is 14.0. The van der Waals surface area contributed by atoms with Crippen LogP contribution in [-0.4, -0.2) is 48.8 Å². The molecule has 0 radical (unpaired) electrons. The minimum atomic E-state index is -1.68. The highest BCUT2D eigenvalue weighted by atomic mass is 35.5. The number of aliphatic hydroxyl groups excluding tert-OH is 1. The highest BCUT2D eigenvalue weighted by molar-refractivity contribution is 6.35. The van der Waals surface area contributed by atoms with E-state index in [1.165, 1.54) is 27.4 Å². The zero-order chi connectivity index (χ0) is 25.8. The molecule has 1 aliphatic heterocycles. The first-order valence-corrected chi connectivity index (χ1v) is 11.7. The summed E-state index contributed by atoms with van der Waals surface area (Å²) in [5, 5.41) is 12.0. The van der Waals surface area contributed by atoms with Gasteiger partial charge in [0.25, 0.3) is 0 Å². The van der Waals surface area contributed by atoms with Crippen molar-refractivity contribution in [3.05, 3.63) is 70.0 Å². The van der Waals surface area contributed by atoms with Gasteiger partial charge in [-0.25, -0.2) is 9.78 Å². The lowest BCUT2D eigenvalue weighted by Gasteiger charge is -2.42. The van der Waals surface area contributed by atoms with Crippen LogP contribution in [0.4, 0.5) is 0 Å². The van der Waals surface area contributed by atoms with E-state index in [1.807, 2.05) is 30.3 Å². The number of hydrogen-bond donors (Lipinski definition) is 1. The van der Waals surface area contributed by atoms with Crippen molar-refractivity contribution >= 4 is 23.4 Å². The molecule has 1 aromatic heterocycles. The molecular formula is C27H24ClNO7. The van der Waals surface area contributed by atoms with Crippen LogP contribution in [0, 0.1) is 5.92 Å². The van der Waals surface area contributed by atoms with Crippen molar-refractivity contribution in [2.45, 2.75) is 25.0 Å². The summed E-state index contributed by atoms with van der Waals surface area (Å²) >= 11 is 6.54. The number of carbonyl (C=O) groups is 2. The quantitative estimate of drug-likeness (QED) is 0.514. The summed E-state index contributed by atoms with van der Waals surface area (Å²) < 4.78 is 22.0. The van der Waals surface area contributed by atoms with Crippen LogP contribution in [0.3, 0.4) is 0 Å². The maximum absolute atomic E-state index is 14.0. The third-order valence-electron chi connectivity index (χ3n) is 6.97. The molecule has 0 fully saturated rings. The van der Waals surface area contributed by atoms with Gasteiger partial charge in [0.2, 0.25) is 11.4 Å². The predicted molar refractivity (Wildman–Crippen MR) is 131 cm³/mol. The Kier molecular flexibility index (Phi) is 5.89. The number of hydrogen-bond acceptors (Lipinski definition) is 8. The SMILES string of the molecule is COC(=O)c1cc(-c2ccccc2)c2c(n1)CC(C)[C@]1(Oc3c(Cl)c(OC)cc(OC)c3C1=O)C2O. The highest BCUT2D eigenvalue weighted by Gasteiger charge is 2.62. The lowest BCUT2D eigenvalue weighted by Crippen LogP contribution is -2.55. The van der Waals surface area contributed by atoms with Gasteiger partial charge >= 0.3 is 5.97 Å². The van der Waals surface area contributed by atoms with E-state index in [1.54, 1.807) is 13.0 Å². The molecule has 3 aromatic rings. The number of esters is 1. The Bertz CT molecular complexity index is 1390. The smallest absolute Gasteiger partial charge is 0.356 e. The first-order chi connectivity index (χ1) is 17.3. The van der Waals surface area contributed by atoms with E-state index in [-0.39, 0.29) is 39.9 Å². The molecule has 8 nitrogen and oxygen atoms in total. The van der Waals surface area contributed by atoms with E-state index in [9.17, 15) is 14.7 Å². The average molecular weight is 510 g/mol. The van der Waals surface area contributed by atoms with Gasteiger partial charge in [-0.05, 0) is 23.6 Å². The fraction of sp³-hybridized carbons (Fsp3) is 0.296. The molecule has 0 saturated heterocycles. The van der Waals surface area contributed by atoms with Crippen molar-refractivity contribution in [1.29, 1.82) is 0 Å². The number of nitrogens with zero attached hydrogens (tertiary/aromatic N) is 1. The molecule has 0 bridgehead atoms. The molecule has 1 spiro atoms. The normalized spacial score (nSPS) is 22.0. The third-order valence-corrected chi connectivity index (χ3v) is 7.33. The number of Topliss-reactive ketones (excluding diaryl/α,β-unsaturated/α-hetero) is 1. The number of carbonyl (C=O) groups excluding carboxylic acids is 2. The zero-order valence-electron chi connectivity index (χ0n) is 20.1. The van der Waals surface area contributed by atoms with Crippen molar-refractivity contribution < 1.29 is 33.6 Å². The molecule has 36 heavy (non-hydrogen) atoms. The van der Waals surface area contributed by atoms with E-state index < -0.39 is 29.4 Å². The van der Waals surface area contributed by atoms with Gasteiger partial charge in [0.05, 0.1) is 21.3 Å². The van der Waals surface area contributed by atoms with Crippen molar-refractivity contribution in [2.24, 2.45) is 5.92 Å². The van der Waals surface area contributed by atoms with Crippen LogP contribution in [0.1, 0.15) is 45.1 Å². The summed E-state index contributed by atoms with van der Waals surface area (Å²) in [4.78, 5) is 31.0. The molecule has 2 heterocycles. The molecule has 2 unspecified atom stereocenters. The summed E-state index contributed by atoms with van der Waals surface area (Å²) in [5.74, 6) is -0.948. The number of aliphatic hydroxyl groups is 1. The first-order valence-electron chi connectivity index (χ1n) is 11.3. The molecule has 9 heteroatoms. The summed E-state index contributed by atoms with van der Waals surface area (Å²) in [7, 11) is 4.17. The van der Waals surface area contributed by atoms with Crippen LogP contribution >= 0.6 is 11.6 Å². The van der Waals surface area contributed by atoms with E-state index in [4.69, 9.17) is 30.5 Å². The van der Waals surface area contributed by atoms with Gasteiger partial charge in [0.15, 0.2) is 5.75 Å². The minimum absolute atomic E-state index is 0.104. The summed E-state index contributed by atoms with van der Waals surface area (Å²) in [6.45, 7) is 1.79. The minimum Gasteiger partial charge on any atom is -0.496 e. The zero-order valence-corrected chi connectivity index (χ0v) is 20.9. The number of rotatable bonds is 4. The summed E-state index contributed by atoms with van der Waals surface area (Å²) in [6, 6.07) is 12.3. The van der Waals surface area contributed by atoms with Crippen LogP contribution in [0.2, 0.25) is 5.02 Å². The van der Waals surface area contributed by atoms with Crippen LogP contribution in [0.25, 0.3) is 11.1 Å². The maximum Gasteiger partial charge on any atom is 0.356 e. The Hall–Kier alpha value is -3.62. The van der Waals surface area contributed by atoms with Crippen molar-refractivity contribution in [2.75, 3.05) is 21.3 Å². The van der Waals surface area contributed by atoms with Gasteiger partial charge in [0.1, 0.15) is 33.9 Å². The molecule has 1 aliphatic carbocycles. The molecule has 1 N–H and O–H groups in total. The highest BCUT2D eigenvalue weighted by Crippen LogP contribution is 2.57. The topological polar surface area (TPSA) is 104 Å². The van der Waals surface area contributed by atoms with E-state index in [2.05, 4.69) is 4.98 Å². The molecule has 5 rings (SSSR count).